The van der Waals surface area contributed by atoms with Crippen LogP contribution in [0.5, 0.6) is 5.75 Å². The Balaban J connectivity index is 1.51. The van der Waals surface area contributed by atoms with Crippen LogP contribution >= 0.6 is 0 Å². The van der Waals surface area contributed by atoms with Crippen molar-refractivity contribution in [3.63, 3.8) is 0 Å². The highest BCUT2D eigenvalue weighted by Gasteiger charge is 2.21. The summed E-state index contributed by atoms with van der Waals surface area (Å²) < 4.78 is 5.81. The molecule has 0 unspecified atom stereocenters. The molecule has 0 aliphatic carbocycles. The predicted molar refractivity (Wildman–Crippen MR) is 96.1 cm³/mol. The molecule has 0 bridgehead atoms. The molecule has 2 N–H and O–H groups in total. The van der Waals surface area contributed by atoms with Gasteiger partial charge in [0.15, 0.2) is 0 Å². The number of β-amino-alcohol motifs (C(OH)–C–C–N with tert-alkyl or cyclic N) is 1. The van der Waals surface area contributed by atoms with Crippen LogP contribution in [0.1, 0.15) is 17.5 Å². The number of hydrogen-bond donors (Lipinski definition) is 2. The molecule has 0 spiro atoms. The minimum absolute atomic E-state index is 0.0205. The lowest BCUT2D eigenvalue weighted by Gasteiger charge is -2.15. The zero-order valence-electron chi connectivity index (χ0n) is 14.2. The van der Waals surface area contributed by atoms with Crippen LogP contribution in [0, 0.1) is 0 Å². The molecule has 5 nitrogen and oxygen atoms in total. The van der Waals surface area contributed by atoms with E-state index in [-0.39, 0.29) is 12.0 Å². The number of carbonyl (C=O) groups is 1. The van der Waals surface area contributed by atoms with Crippen LogP contribution in [-0.2, 0) is 17.9 Å². The fourth-order valence-electron chi connectivity index (χ4n) is 2.96. The Morgan fingerprint density at radius 2 is 1.84 bits per heavy atom. The van der Waals surface area contributed by atoms with Crippen molar-refractivity contribution in [2.45, 2.75) is 25.7 Å². The minimum atomic E-state index is -0.302. The highest BCUT2D eigenvalue weighted by atomic mass is 16.5. The van der Waals surface area contributed by atoms with Crippen molar-refractivity contribution in [2.75, 3.05) is 19.6 Å². The number of para-hydroxylation sites is 1. The van der Waals surface area contributed by atoms with Crippen molar-refractivity contribution < 1.29 is 14.6 Å². The summed E-state index contributed by atoms with van der Waals surface area (Å²) in [6.45, 7) is 2.63. The van der Waals surface area contributed by atoms with Crippen molar-refractivity contribution in [3.05, 3.63) is 65.7 Å². The van der Waals surface area contributed by atoms with Gasteiger partial charge in [-0.25, -0.2) is 0 Å². The summed E-state index contributed by atoms with van der Waals surface area (Å²) in [5.41, 5.74) is 2.11. The smallest absolute Gasteiger partial charge is 0.234 e. The van der Waals surface area contributed by atoms with E-state index in [4.69, 9.17) is 4.74 Å². The molecular formula is C20H24N2O3. The van der Waals surface area contributed by atoms with Gasteiger partial charge in [-0.15, -0.1) is 0 Å². The van der Waals surface area contributed by atoms with Crippen LogP contribution in [0.25, 0.3) is 0 Å². The molecule has 1 amide bonds. The number of aliphatic hydroxyl groups excluding tert-OH is 1. The Morgan fingerprint density at radius 1 is 1.12 bits per heavy atom. The third-order valence-electron chi connectivity index (χ3n) is 4.35. The monoisotopic (exact) mass is 340 g/mol. The fraction of sp³-hybridized carbons (Fsp3) is 0.350. The summed E-state index contributed by atoms with van der Waals surface area (Å²) in [4.78, 5) is 14.1. The Labute approximate surface area is 148 Å². The van der Waals surface area contributed by atoms with E-state index in [1.54, 1.807) is 0 Å². The molecule has 132 valence electrons. The number of rotatable bonds is 7. The first-order valence-corrected chi connectivity index (χ1v) is 8.62. The fourth-order valence-corrected chi connectivity index (χ4v) is 2.96. The van der Waals surface area contributed by atoms with Gasteiger partial charge in [0.05, 0.1) is 12.6 Å². The lowest BCUT2D eigenvalue weighted by molar-refractivity contribution is -0.122. The molecule has 0 aromatic heterocycles. The van der Waals surface area contributed by atoms with Gasteiger partial charge in [-0.1, -0.05) is 42.5 Å². The Kier molecular flexibility index (Phi) is 6.04. The maximum Gasteiger partial charge on any atom is 0.234 e. The molecule has 1 heterocycles. The molecule has 25 heavy (non-hydrogen) atoms. The van der Waals surface area contributed by atoms with Gasteiger partial charge in [0.2, 0.25) is 5.91 Å². The Bertz CT molecular complexity index is 690. The van der Waals surface area contributed by atoms with Crippen LogP contribution in [0.2, 0.25) is 0 Å². The zero-order chi connectivity index (χ0) is 17.5. The molecule has 0 saturated carbocycles. The van der Waals surface area contributed by atoms with Gasteiger partial charge >= 0.3 is 0 Å². The molecule has 5 heteroatoms. The van der Waals surface area contributed by atoms with Gasteiger partial charge in [0, 0.05) is 19.6 Å². The summed E-state index contributed by atoms with van der Waals surface area (Å²) in [6, 6.07) is 17.6. The minimum Gasteiger partial charge on any atom is -0.489 e. The molecule has 0 radical (unpaired) electrons. The highest BCUT2D eigenvalue weighted by molar-refractivity contribution is 5.78. The maximum absolute atomic E-state index is 12.1. The van der Waals surface area contributed by atoms with Crippen molar-refractivity contribution in [1.29, 1.82) is 0 Å². The number of hydrogen-bond acceptors (Lipinski definition) is 4. The van der Waals surface area contributed by atoms with Crippen molar-refractivity contribution >= 4 is 5.91 Å². The summed E-state index contributed by atoms with van der Waals surface area (Å²) in [7, 11) is 0. The van der Waals surface area contributed by atoms with Crippen LogP contribution in [-0.4, -0.2) is 41.7 Å². The quantitative estimate of drug-likeness (QED) is 0.809. The third kappa shape index (κ3) is 5.31. The normalized spacial score (nSPS) is 17.4. The van der Waals surface area contributed by atoms with E-state index in [0.29, 0.717) is 26.2 Å². The van der Waals surface area contributed by atoms with Gasteiger partial charge in [0.1, 0.15) is 12.4 Å². The van der Waals surface area contributed by atoms with E-state index in [1.165, 1.54) is 0 Å². The Hall–Kier alpha value is -2.37. The van der Waals surface area contributed by atoms with Crippen LogP contribution < -0.4 is 10.1 Å². The van der Waals surface area contributed by atoms with E-state index >= 15 is 0 Å². The van der Waals surface area contributed by atoms with Gasteiger partial charge in [-0.3, -0.25) is 9.69 Å². The summed E-state index contributed by atoms with van der Waals surface area (Å²) in [5.74, 6) is 0.807. The van der Waals surface area contributed by atoms with E-state index < -0.39 is 0 Å². The molecule has 1 fully saturated rings. The molecule has 1 saturated heterocycles. The average molecular weight is 340 g/mol. The summed E-state index contributed by atoms with van der Waals surface area (Å²) in [5, 5.41) is 12.5. The van der Waals surface area contributed by atoms with E-state index in [0.717, 1.165) is 29.8 Å². The molecule has 1 aliphatic heterocycles. The van der Waals surface area contributed by atoms with Gasteiger partial charge in [-0.05, 0) is 29.7 Å². The molecule has 1 atom stereocenters. The molecular weight excluding hydrogens is 316 g/mol. The number of aliphatic hydroxyl groups is 1. The summed E-state index contributed by atoms with van der Waals surface area (Å²) >= 11 is 0. The van der Waals surface area contributed by atoms with E-state index in [2.05, 4.69) is 5.32 Å². The standard InChI is InChI=1S/C20H24N2O3/c23-18-10-11-22(13-18)14-20(24)21-12-16-6-4-5-7-17(16)15-25-19-8-2-1-3-9-19/h1-9,18,23H,10-15H2,(H,21,24)/t18-/m0/s1. The first-order chi connectivity index (χ1) is 12.2. The molecule has 2 aromatic rings. The van der Waals surface area contributed by atoms with Crippen molar-refractivity contribution in [3.8, 4) is 5.75 Å². The lowest BCUT2D eigenvalue weighted by Crippen LogP contribution is -2.36. The first kappa shape index (κ1) is 17.5. The number of likely N-dealkylation sites (tertiary alicyclic amines) is 1. The largest absolute Gasteiger partial charge is 0.489 e. The number of ether oxygens (including phenoxy) is 1. The van der Waals surface area contributed by atoms with Gasteiger partial charge in [0.25, 0.3) is 0 Å². The van der Waals surface area contributed by atoms with Crippen LogP contribution in [0.3, 0.4) is 0 Å². The van der Waals surface area contributed by atoms with Crippen LogP contribution in [0.4, 0.5) is 0 Å². The van der Waals surface area contributed by atoms with Gasteiger partial charge in [-0.2, -0.15) is 0 Å². The number of benzene rings is 2. The second-order valence-corrected chi connectivity index (χ2v) is 6.32. The van der Waals surface area contributed by atoms with Gasteiger partial charge < -0.3 is 15.2 Å². The van der Waals surface area contributed by atoms with Crippen LogP contribution in [0.15, 0.2) is 54.6 Å². The number of carbonyl (C=O) groups excluding carboxylic acids is 1. The topological polar surface area (TPSA) is 61.8 Å². The summed E-state index contributed by atoms with van der Waals surface area (Å²) in [6.07, 6.45) is 0.441. The molecule has 1 aliphatic rings. The number of nitrogens with one attached hydrogen (secondary N) is 1. The van der Waals surface area contributed by atoms with Crippen molar-refractivity contribution in [1.82, 2.24) is 10.2 Å². The first-order valence-electron chi connectivity index (χ1n) is 8.62. The molecule has 3 rings (SSSR count). The van der Waals surface area contributed by atoms with E-state index in [9.17, 15) is 9.90 Å². The SMILES string of the molecule is O=C(CN1CC[C@H](O)C1)NCc1ccccc1COc1ccccc1. The highest BCUT2D eigenvalue weighted by Crippen LogP contribution is 2.15. The molecule has 2 aromatic carbocycles. The van der Waals surface area contributed by atoms with E-state index in [1.807, 2.05) is 59.5 Å². The lowest BCUT2D eigenvalue weighted by atomic mass is 10.1. The average Bonchev–Trinajstić information content (AvgIpc) is 3.04. The predicted octanol–water partition coefficient (Wildman–Crippen LogP) is 1.95. The zero-order valence-corrected chi connectivity index (χ0v) is 14.2. The van der Waals surface area contributed by atoms with Crippen molar-refractivity contribution in [2.24, 2.45) is 0 Å². The maximum atomic E-state index is 12.1. The number of nitrogens with zero attached hydrogens (tertiary/aromatic N) is 1. The second kappa shape index (κ2) is 8.65. The number of amides is 1. The Morgan fingerprint density at radius 3 is 2.56 bits per heavy atom. The second-order valence-electron chi connectivity index (χ2n) is 6.32. The third-order valence-corrected chi connectivity index (χ3v) is 4.35.